The lowest BCUT2D eigenvalue weighted by molar-refractivity contribution is 0.0942. The van der Waals surface area contributed by atoms with E-state index in [9.17, 15) is 4.79 Å². The molecule has 128 valence electrons. The van der Waals surface area contributed by atoms with E-state index < -0.39 is 0 Å². The topological polar surface area (TPSA) is 43.3 Å². The van der Waals surface area contributed by atoms with Crippen molar-refractivity contribution in [3.8, 4) is 5.75 Å². The molecule has 0 fully saturated rings. The number of carbonyl (C=O) groups excluding carboxylic acids is 1. The van der Waals surface area contributed by atoms with Gasteiger partial charge in [0.25, 0.3) is 5.91 Å². The number of benzene rings is 2. The molecule has 0 aliphatic carbocycles. The van der Waals surface area contributed by atoms with Crippen molar-refractivity contribution in [3.05, 3.63) is 89.7 Å². The summed E-state index contributed by atoms with van der Waals surface area (Å²) < 4.78 is 7.56. The molecule has 0 saturated carbocycles. The van der Waals surface area contributed by atoms with Crippen LogP contribution in [0.5, 0.6) is 5.75 Å². The number of amides is 1. The van der Waals surface area contributed by atoms with Crippen LogP contribution < -0.4 is 10.1 Å². The van der Waals surface area contributed by atoms with Crippen LogP contribution in [-0.4, -0.2) is 17.1 Å². The summed E-state index contributed by atoms with van der Waals surface area (Å²) in [7, 11) is 0. The van der Waals surface area contributed by atoms with Gasteiger partial charge in [-0.15, -0.1) is 0 Å². The van der Waals surface area contributed by atoms with Crippen molar-refractivity contribution in [1.29, 1.82) is 0 Å². The van der Waals surface area contributed by atoms with E-state index in [4.69, 9.17) is 4.74 Å². The highest BCUT2D eigenvalue weighted by Crippen LogP contribution is 2.18. The van der Waals surface area contributed by atoms with Gasteiger partial charge >= 0.3 is 0 Å². The third-order valence-electron chi connectivity index (χ3n) is 3.97. The number of aromatic nitrogens is 1. The Bertz CT molecular complexity index is 825. The number of nitrogens with zero attached hydrogens (tertiary/aromatic N) is 1. The Balaban J connectivity index is 1.68. The largest absolute Gasteiger partial charge is 0.494 e. The maximum atomic E-state index is 12.6. The molecule has 0 bridgehead atoms. The van der Waals surface area contributed by atoms with Gasteiger partial charge in [-0.1, -0.05) is 48.5 Å². The first-order valence-electron chi connectivity index (χ1n) is 8.46. The minimum atomic E-state index is -0.0905. The molecular weight excluding hydrogens is 312 g/mol. The molecule has 0 radical (unpaired) electrons. The lowest BCUT2D eigenvalue weighted by Crippen LogP contribution is -2.25. The molecule has 0 aliphatic rings. The van der Waals surface area contributed by atoms with E-state index in [0.717, 1.165) is 16.9 Å². The van der Waals surface area contributed by atoms with Gasteiger partial charge in [-0.2, -0.15) is 0 Å². The maximum absolute atomic E-state index is 12.6. The summed E-state index contributed by atoms with van der Waals surface area (Å²) in [6.45, 7) is 3.66. The fraction of sp³-hybridized carbons (Fsp3) is 0.190. The van der Waals surface area contributed by atoms with E-state index in [-0.39, 0.29) is 5.91 Å². The predicted molar refractivity (Wildman–Crippen MR) is 98.8 cm³/mol. The summed E-state index contributed by atoms with van der Waals surface area (Å²) in [5.41, 5.74) is 2.78. The Morgan fingerprint density at radius 2 is 1.76 bits per heavy atom. The number of hydrogen-bond acceptors (Lipinski definition) is 2. The summed E-state index contributed by atoms with van der Waals surface area (Å²) in [6.07, 6.45) is 1.93. The first-order valence-corrected chi connectivity index (χ1v) is 8.46. The van der Waals surface area contributed by atoms with Gasteiger partial charge in [0.15, 0.2) is 0 Å². The molecule has 1 heterocycles. The van der Waals surface area contributed by atoms with E-state index in [1.165, 1.54) is 0 Å². The normalized spacial score (nSPS) is 10.4. The van der Waals surface area contributed by atoms with Crippen LogP contribution in [0.4, 0.5) is 0 Å². The van der Waals surface area contributed by atoms with Gasteiger partial charge in [0, 0.05) is 24.8 Å². The smallest absolute Gasteiger partial charge is 0.268 e. The second kappa shape index (κ2) is 8.20. The molecule has 4 heteroatoms. The van der Waals surface area contributed by atoms with Gasteiger partial charge in [0.1, 0.15) is 11.4 Å². The van der Waals surface area contributed by atoms with Crippen molar-refractivity contribution < 1.29 is 9.53 Å². The molecule has 3 rings (SSSR count). The molecule has 0 unspecified atom stereocenters. The summed E-state index contributed by atoms with van der Waals surface area (Å²) in [5.74, 6) is 0.720. The first-order chi connectivity index (χ1) is 12.3. The maximum Gasteiger partial charge on any atom is 0.268 e. The Morgan fingerprint density at radius 3 is 2.56 bits per heavy atom. The zero-order valence-corrected chi connectivity index (χ0v) is 14.3. The van der Waals surface area contributed by atoms with E-state index in [0.29, 0.717) is 25.4 Å². The average Bonchev–Trinajstić information content (AvgIpc) is 3.10. The molecule has 0 spiro atoms. The highest BCUT2D eigenvalue weighted by molar-refractivity contribution is 5.92. The zero-order chi connectivity index (χ0) is 17.5. The zero-order valence-electron chi connectivity index (χ0n) is 14.3. The van der Waals surface area contributed by atoms with Crippen molar-refractivity contribution in [1.82, 2.24) is 9.88 Å². The van der Waals surface area contributed by atoms with Crippen molar-refractivity contribution in [2.24, 2.45) is 0 Å². The Labute approximate surface area is 148 Å². The molecular formula is C21H22N2O2. The molecule has 0 saturated heterocycles. The van der Waals surface area contributed by atoms with Crippen LogP contribution in [-0.2, 0) is 13.1 Å². The third-order valence-corrected chi connectivity index (χ3v) is 3.97. The van der Waals surface area contributed by atoms with Gasteiger partial charge in [-0.05, 0) is 30.7 Å². The third kappa shape index (κ3) is 4.29. The van der Waals surface area contributed by atoms with Crippen LogP contribution in [0.2, 0.25) is 0 Å². The van der Waals surface area contributed by atoms with Gasteiger partial charge in [0.2, 0.25) is 0 Å². The van der Waals surface area contributed by atoms with Crippen molar-refractivity contribution in [2.75, 3.05) is 6.61 Å². The molecule has 1 N–H and O–H groups in total. The van der Waals surface area contributed by atoms with Crippen LogP contribution in [0.15, 0.2) is 72.9 Å². The fourth-order valence-corrected chi connectivity index (χ4v) is 2.75. The first kappa shape index (κ1) is 16.8. The average molecular weight is 334 g/mol. The van der Waals surface area contributed by atoms with Gasteiger partial charge < -0.3 is 14.6 Å². The summed E-state index contributed by atoms with van der Waals surface area (Å²) in [6, 6.07) is 21.6. The van der Waals surface area contributed by atoms with Crippen LogP contribution in [0.1, 0.15) is 28.5 Å². The van der Waals surface area contributed by atoms with Crippen LogP contribution >= 0.6 is 0 Å². The van der Waals surface area contributed by atoms with Crippen molar-refractivity contribution in [3.63, 3.8) is 0 Å². The monoisotopic (exact) mass is 334 g/mol. The van der Waals surface area contributed by atoms with Crippen molar-refractivity contribution >= 4 is 5.91 Å². The van der Waals surface area contributed by atoms with Crippen LogP contribution in [0.3, 0.4) is 0 Å². The predicted octanol–water partition coefficient (Wildman–Crippen LogP) is 3.87. The second-order valence-electron chi connectivity index (χ2n) is 5.73. The van der Waals surface area contributed by atoms with E-state index in [2.05, 4.69) is 17.4 Å². The minimum absolute atomic E-state index is 0.0905. The fourth-order valence-electron chi connectivity index (χ4n) is 2.75. The number of carbonyl (C=O) groups is 1. The summed E-state index contributed by atoms with van der Waals surface area (Å²) in [5, 5.41) is 2.99. The second-order valence-corrected chi connectivity index (χ2v) is 5.73. The molecule has 1 aromatic heterocycles. The number of hydrogen-bond donors (Lipinski definition) is 1. The highest BCUT2D eigenvalue weighted by Gasteiger charge is 2.12. The summed E-state index contributed by atoms with van der Waals surface area (Å²) >= 11 is 0. The molecule has 1 amide bonds. The molecule has 0 atom stereocenters. The Hall–Kier alpha value is -3.01. The van der Waals surface area contributed by atoms with Gasteiger partial charge in [0.05, 0.1) is 6.61 Å². The minimum Gasteiger partial charge on any atom is -0.494 e. The molecule has 25 heavy (non-hydrogen) atoms. The van der Waals surface area contributed by atoms with E-state index in [1.807, 2.05) is 72.3 Å². The number of ether oxygens (including phenoxy) is 1. The van der Waals surface area contributed by atoms with Crippen LogP contribution in [0, 0.1) is 0 Å². The van der Waals surface area contributed by atoms with Gasteiger partial charge in [-0.25, -0.2) is 0 Å². The van der Waals surface area contributed by atoms with E-state index in [1.54, 1.807) is 0 Å². The van der Waals surface area contributed by atoms with Crippen LogP contribution in [0.25, 0.3) is 0 Å². The van der Waals surface area contributed by atoms with E-state index >= 15 is 0 Å². The highest BCUT2D eigenvalue weighted by atomic mass is 16.5. The number of para-hydroxylation sites is 1. The molecule has 2 aromatic carbocycles. The summed E-state index contributed by atoms with van der Waals surface area (Å²) in [4.78, 5) is 12.6. The Kier molecular flexibility index (Phi) is 5.52. The lowest BCUT2D eigenvalue weighted by atomic mass is 10.2. The quantitative estimate of drug-likeness (QED) is 0.713. The number of rotatable bonds is 7. The molecule has 3 aromatic rings. The molecule has 0 aliphatic heterocycles. The SMILES string of the molecule is CCOc1ccccc1CNC(=O)c1cccn1Cc1ccccc1. The Morgan fingerprint density at radius 1 is 1.00 bits per heavy atom. The standard InChI is InChI=1S/C21H22N2O2/c1-2-25-20-13-7-6-11-18(20)15-22-21(24)19-12-8-14-23(19)16-17-9-4-3-5-10-17/h3-14H,2,15-16H2,1H3,(H,22,24). The van der Waals surface area contributed by atoms with Crippen molar-refractivity contribution in [2.45, 2.75) is 20.0 Å². The number of nitrogens with one attached hydrogen (secondary N) is 1. The lowest BCUT2D eigenvalue weighted by Gasteiger charge is -2.12. The molecule has 4 nitrogen and oxygen atoms in total. The van der Waals surface area contributed by atoms with Gasteiger partial charge in [-0.3, -0.25) is 4.79 Å².